The highest BCUT2D eigenvalue weighted by Crippen LogP contribution is 2.39. The van der Waals surface area contributed by atoms with E-state index in [1.54, 1.807) is 12.2 Å². The van der Waals surface area contributed by atoms with Gasteiger partial charge in [-0.3, -0.25) is 0 Å². The third-order valence-electron chi connectivity index (χ3n) is 6.05. The van der Waals surface area contributed by atoms with E-state index in [-0.39, 0.29) is 32.0 Å². The van der Waals surface area contributed by atoms with Gasteiger partial charge in [-0.05, 0) is 11.1 Å². The molecule has 4 rings (SSSR count). The molecule has 2 heterocycles. The summed E-state index contributed by atoms with van der Waals surface area (Å²) in [6.45, 7) is 10.2. The second-order valence-electron chi connectivity index (χ2n) is 9.21. The van der Waals surface area contributed by atoms with Crippen LogP contribution in [0.4, 0.5) is 0 Å². The van der Waals surface area contributed by atoms with Crippen molar-refractivity contribution in [3.05, 3.63) is 65.6 Å². The van der Waals surface area contributed by atoms with Crippen LogP contribution in [0.25, 0.3) is 10.8 Å². The van der Waals surface area contributed by atoms with Crippen LogP contribution in [0.2, 0.25) is 0 Å². The van der Waals surface area contributed by atoms with Gasteiger partial charge in [-0.25, -0.2) is 0 Å². The predicted molar refractivity (Wildman–Crippen MR) is 139 cm³/mol. The van der Waals surface area contributed by atoms with Gasteiger partial charge >= 0.3 is 0 Å². The lowest BCUT2D eigenvalue weighted by atomic mass is 9.96. The Balaban J connectivity index is 1.63. The smallest absolute Gasteiger partial charge is 0.130 e. The molecular weight excluding hydrogens is 478 g/mol. The van der Waals surface area contributed by atoms with Gasteiger partial charge in [0.25, 0.3) is 0 Å². The number of rotatable bonds is 19. The minimum absolute atomic E-state index is 0.0618. The number of benzene rings is 2. The third-order valence-corrected chi connectivity index (χ3v) is 6.05. The van der Waals surface area contributed by atoms with Crippen LogP contribution in [0.3, 0.4) is 0 Å². The second-order valence-corrected chi connectivity index (χ2v) is 9.21. The number of nitrogens with zero attached hydrogens (tertiary/aromatic N) is 1. The number of fused-ring (bicyclic) bond motifs is 1. The Morgan fingerprint density at radius 2 is 1.54 bits per heavy atom. The van der Waals surface area contributed by atoms with Crippen LogP contribution in [-0.2, 0) is 31.8 Å². The van der Waals surface area contributed by atoms with Gasteiger partial charge in [0.1, 0.15) is 43.0 Å². The van der Waals surface area contributed by atoms with Gasteiger partial charge in [-0.15, -0.1) is 13.2 Å². The Bertz CT molecular complexity index is 1070. The summed E-state index contributed by atoms with van der Waals surface area (Å²) < 4.78 is 34.0. The van der Waals surface area contributed by atoms with E-state index >= 15 is 0 Å². The Morgan fingerprint density at radius 3 is 2.16 bits per heavy atom. The first-order valence-electron chi connectivity index (χ1n) is 12.6. The van der Waals surface area contributed by atoms with E-state index in [4.69, 9.17) is 28.4 Å². The topological polar surface area (TPSA) is 112 Å². The maximum absolute atomic E-state index is 11.5. The average molecular weight is 514 g/mol. The number of ether oxygens (including phenoxy) is 6. The molecule has 2 aromatic carbocycles. The van der Waals surface area contributed by atoms with Crippen molar-refractivity contribution < 1.29 is 33.5 Å². The largest absolute Gasteiger partial charge is 0.490 e. The molecule has 0 bridgehead atoms. The van der Waals surface area contributed by atoms with E-state index in [9.17, 15) is 10.0 Å². The van der Waals surface area contributed by atoms with Crippen molar-refractivity contribution in [2.24, 2.45) is 5.18 Å². The normalized spacial score (nSPS) is 19.7. The molecule has 4 unspecified atom stereocenters. The molecular formula is C28H35NO8. The van der Waals surface area contributed by atoms with E-state index in [0.29, 0.717) is 50.8 Å². The fraction of sp³-hybridized carbons (Fsp3) is 0.500. The molecule has 0 saturated carbocycles. The lowest BCUT2D eigenvalue weighted by Crippen LogP contribution is -2.24. The maximum Gasteiger partial charge on any atom is 0.130 e. The minimum Gasteiger partial charge on any atom is -0.490 e. The van der Waals surface area contributed by atoms with Crippen LogP contribution >= 0.6 is 0 Å². The summed E-state index contributed by atoms with van der Waals surface area (Å²) in [5, 5.41) is 15.3. The van der Waals surface area contributed by atoms with Crippen LogP contribution in [0.1, 0.15) is 11.1 Å². The lowest BCUT2D eigenvalue weighted by Gasteiger charge is -2.20. The van der Waals surface area contributed by atoms with Gasteiger partial charge in [0.05, 0.1) is 45.7 Å². The van der Waals surface area contributed by atoms with Crippen LogP contribution < -0.4 is 9.47 Å². The zero-order chi connectivity index (χ0) is 26.0. The third kappa shape index (κ3) is 8.08. The SMILES string of the molecule is C=CCOCC(O)COc1c(CC2CO2)ccc2c(OCC3CO3)c(CC(COCC=C)N=O)ccc12. The van der Waals surface area contributed by atoms with Crippen LogP contribution in [0.15, 0.2) is 54.8 Å². The van der Waals surface area contributed by atoms with Gasteiger partial charge in [0, 0.05) is 23.6 Å². The molecule has 2 aliphatic rings. The molecule has 0 spiro atoms. The fourth-order valence-electron chi connectivity index (χ4n) is 4.06. The quantitative estimate of drug-likeness (QED) is 0.132. The number of aliphatic hydroxyl groups is 1. The summed E-state index contributed by atoms with van der Waals surface area (Å²) in [5.41, 5.74) is 1.84. The Kier molecular flexibility index (Phi) is 10.0. The zero-order valence-electron chi connectivity index (χ0n) is 21.0. The Hall–Kier alpha value is -2.82. The van der Waals surface area contributed by atoms with Gasteiger partial charge in [0.2, 0.25) is 0 Å². The first-order valence-corrected chi connectivity index (χ1v) is 12.6. The first kappa shape index (κ1) is 27.2. The van der Waals surface area contributed by atoms with Gasteiger partial charge in [-0.1, -0.05) is 41.6 Å². The van der Waals surface area contributed by atoms with E-state index in [1.807, 2.05) is 24.3 Å². The Labute approximate surface area is 216 Å². The van der Waals surface area contributed by atoms with Crippen molar-refractivity contribution in [2.75, 3.05) is 52.9 Å². The van der Waals surface area contributed by atoms with Gasteiger partial charge in [-0.2, -0.15) is 4.91 Å². The molecule has 1 N–H and O–H groups in total. The van der Waals surface area contributed by atoms with Gasteiger partial charge < -0.3 is 33.5 Å². The van der Waals surface area contributed by atoms with E-state index in [0.717, 1.165) is 28.5 Å². The highest BCUT2D eigenvalue weighted by molar-refractivity contribution is 5.95. The van der Waals surface area contributed by atoms with Crippen molar-refractivity contribution in [3.63, 3.8) is 0 Å². The van der Waals surface area contributed by atoms with Crippen molar-refractivity contribution in [1.82, 2.24) is 0 Å². The first-order chi connectivity index (χ1) is 18.1. The maximum atomic E-state index is 11.5. The average Bonchev–Trinajstić information content (AvgIpc) is 3.83. The van der Waals surface area contributed by atoms with Crippen LogP contribution in [0, 0.1) is 4.91 Å². The van der Waals surface area contributed by atoms with E-state index < -0.39 is 12.1 Å². The number of aliphatic hydroxyl groups excluding tert-OH is 1. The highest BCUT2D eigenvalue weighted by atomic mass is 16.6. The van der Waals surface area contributed by atoms with Gasteiger partial charge in [0.15, 0.2) is 0 Å². The summed E-state index contributed by atoms with van der Waals surface area (Å²) in [6.07, 6.45) is 3.77. The minimum atomic E-state index is -0.794. The monoisotopic (exact) mass is 513 g/mol. The molecule has 2 aliphatic heterocycles. The van der Waals surface area contributed by atoms with Crippen molar-refractivity contribution >= 4 is 10.8 Å². The second kappa shape index (κ2) is 13.6. The molecule has 9 nitrogen and oxygen atoms in total. The molecule has 4 atom stereocenters. The van der Waals surface area contributed by atoms with Crippen molar-refractivity contribution in [3.8, 4) is 11.5 Å². The summed E-state index contributed by atoms with van der Waals surface area (Å²) in [4.78, 5) is 11.5. The van der Waals surface area contributed by atoms with Crippen molar-refractivity contribution in [1.29, 1.82) is 0 Å². The molecule has 2 aromatic rings. The van der Waals surface area contributed by atoms with Crippen LogP contribution in [0.5, 0.6) is 11.5 Å². The van der Waals surface area contributed by atoms with E-state index in [2.05, 4.69) is 18.3 Å². The number of hydrogen-bond donors (Lipinski definition) is 1. The molecule has 200 valence electrons. The number of hydrogen-bond acceptors (Lipinski definition) is 9. The standard InChI is InChI=1S/C28H35NO8/c1-3-9-32-13-21(29-31)11-19-5-7-26-25(27(19)37-18-24-17-35-24)8-6-20(12-23-16-34-23)28(26)36-15-22(30)14-33-10-4-2/h3-8,21-24,30H,1-2,9-18H2. The van der Waals surface area contributed by atoms with E-state index in [1.165, 1.54) is 0 Å². The summed E-state index contributed by atoms with van der Waals surface area (Å²) in [6, 6.07) is 7.35. The fourth-order valence-corrected chi connectivity index (χ4v) is 4.06. The summed E-state index contributed by atoms with van der Waals surface area (Å²) in [7, 11) is 0. The molecule has 0 amide bonds. The summed E-state index contributed by atoms with van der Waals surface area (Å²) >= 11 is 0. The van der Waals surface area contributed by atoms with Crippen LogP contribution in [-0.4, -0.2) is 82.3 Å². The summed E-state index contributed by atoms with van der Waals surface area (Å²) in [5.74, 6) is 1.34. The number of nitroso groups, excluding NO2 is 1. The zero-order valence-corrected chi connectivity index (χ0v) is 21.0. The Morgan fingerprint density at radius 1 is 0.919 bits per heavy atom. The molecule has 37 heavy (non-hydrogen) atoms. The van der Waals surface area contributed by atoms with Crippen molar-refractivity contribution in [2.45, 2.75) is 37.2 Å². The molecule has 0 radical (unpaired) electrons. The highest BCUT2D eigenvalue weighted by Gasteiger charge is 2.28. The molecule has 0 aromatic heterocycles. The predicted octanol–water partition coefficient (Wildman–Crippen LogP) is 3.38. The number of epoxide rings is 2. The molecule has 2 saturated heterocycles. The molecule has 2 fully saturated rings. The molecule has 0 aliphatic carbocycles. The molecule has 9 heteroatoms. The lowest BCUT2D eigenvalue weighted by molar-refractivity contribution is 0.0215.